The fourth-order valence-electron chi connectivity index (χ4n) is 2.82. The van der Waals surface area contributed by atoms with E-state index in [1.54, 1.807) is 25.2 Å². The van der Waals surface area contributed by atoms with Crippen LogP contribution in [0.25, 0.3) is 0 Å². The summed E-state index contributed by atoms with van der Waals surface area (Å²) >= 11 is 0. The monoisotopic (exact) mass is 385 g/mol. The van der Waals surface area contributed by atoms with Gasteiger partial charge in [-0.2, -0.15) is 0 Å². The van der Waals surface area contributed by atoms with E-state index < -0.39 is 0 Å². The lowest BCUT2D eigenvalue weighted by atomic mass is 10.1. The number of rotatable bonds is 9. The van der Waals surface area contributed by atoms with Gasteiger partial charge in [-0.1, -0.05) is 6.07 Å². The van der Waals surface area contributed by atoms with Gasteiger partial charge in [0.25, 0.3) is 11.8 Å². The van der Waals surface area contributed by atoms with Crippen molar-refractivity contribution in [1.82, 2.24) is 15.2 Å². The van der Waals surface area contributed by atoms with Crippen molar-refractivity contribution < 1.29 is 19.1 Å². The highest BCUT2D eigenvalue weighted by Crippen LogP contribution is 2.27. The molecule has 0 unspecified atom stereocenters. The van der Waals surface area contributed by atoms with E-state index in [4.69, 9.17) is 9.47 Å². The fraction of sp³-hybridized carbons (Fsp3) is 0.381. The highest BCUT2D eigenvalue weighted by atomic mass is 16.5. The van der Waals surface area contributed by atoms with Crippen LogP contribution in [-0.4, -0.2) is 55.6 Å². The smallest absolute Gasteiger partial charge is 0.272 e. The molecule has 150 valence electrons. The van der Waals surface area contributed by atoms with Crippen LogP contribution in [0.15, 0.2) is 36.5 Å². The first-order chi connectivity index (χ1) is 13.5. The normalized spacial score (nSPS) is 10.3. The minimum atomic E-state index is -0.239. The number of hydrogen-bond acceptors (Lipinski definition) is 5. The Balaban J connectivity index is 1.98. The Kier molecular flexibility index (Phi) is 7.80. The van der Waals surface area contributed by atoms with Crippen molar-refractivity contribution in [3.05, 3.63) is 53.3 Å². The molecule has 0 saturated carbocycles. The summed E-state index contributed by atoms with van der Waals surface area (Å²) in [5.41, 5.74) is 1.71. The maximum atomic E-state index is 12.4. The molecule has 0 saturated heterocycles. The van der Waals surface area contributed by atoms with Crippen LogP contribution in [-0.2, 0) is 6.42 Å². The molecule has 1 N–H and O–H groups in total. The standard InChI is InChI=1S/C21H27N3O4/c1-5-24(6-2)21(26)17-14-16(10-12-22-17)20(25)23-11-9-15-7-8-18(27-3)19(13-15)28-4/h7-8,10,12-14H,5-6,9,11H2,1-4H3,(H,23,25). The number of methoxy groups -OCH3 is 2. The number of hydrogen-bond donors (Lipinski definition) is 1. The molecule has 1 heterocycles. The maximum Gasteiger partial charge on any atom is 0.272 e. The molecule has 0 bridgehead atoms. The summed E-state index contributed by atoms with van der Waals surface area (Å²) in [6.45, 7) is 5.46. The number of nitrogens with zero attached hydrogens (tertiary/aromatic N) is 2. The number of carbonyl (C=O) groups is 2. The van der Waals surface area contributed by atoms with Gasteiger partial charge in [-0.15, -0.1) is 0 Å². The van der Waals surface area contributed by atoms with Gasteiger partial charge in [0.15, 0.2) is 11.5 Å². The lowest BCUT2D eigenvalue weighted by Gasteiger charge is -2.18. The van der Waals surface area contributed by atoms with Crippen molar-refractivity contribution in [3.8, 4) is 11.5 Å². The number of carbonyl (C=O) groups excluding carboxylic acids is 2. The van der Waals surface area contributed by atoms with E-state index in [1.165, 1.54) is 12.3 Å². The lowest BCUT2D eigenvalue weighted by Crippen LogP contribution is -2.31. The van der Waals surface area contributed by atoms with E-state index in [9.17, 15) is 9.59 Å². The third kappa shape index (κ3) is 5.22. The molecular weight excluding hydrogens is 358 g/mol. The zero-order valence-electron chi connectivity index (χ0n) is 16.8. The molecule has 0 fully saturated rings. The predicted molar refractivity (Wildman–Crippen MR) is 107 cm³/mol. The summed E-state index contributed by atoms with van der Waals surface area (Å²) in [6, 6.07) is 8.79. The van der Waals surface area contributed by atoms with Crippen LogP contribution in [0.5, 0.6) is 11.5 Å². The number of aromatic nitrogens is 1. The van der Waals surface area contributed by atoms with E-state index in [2.05, 4.69) is 10.3 Å². The van der Waals surface area contributed by atoms with Crippen molar-refractivity contribution in [2.24, 2.45) is 0 Å². The molecule has 1 aromatic carbocycles. The molecule has 7 heteroatoms. The van der Waals surface area contributed by atoms with Crippen LogP contribution < -0.4 is 14.8 Å². The van der Waals surface area contributed by atoms with E-state index in [0.29, 0.717) is 43.1 Å². The molecule has 0 spiro atoms. The molecule has 0 radical (unpaired) electrons. The maximum absolute atomic E-state index is 12.4. The third-order valence-electron chi connectivity index (χ3n) is 4.44. The zero-order chi connectivity index (χ0) is 20.5. The van der Waals surface area contributed by atoms with Gasteiger partial charge in [0, 0.05) is 31.4 Å². The Labute approximate surface area is 165 Å². The van der Waals surface area contributed by atoms with Crippen LogP contribution in [0.4, 0.5) is 0 Å². The molecule has 0 aliphatic carbocycles. The van der Waals surface area contributed by atoms with Gasteiger partial charge < -0.3 is 19.7 Å². The summed E-state index contributed by atoms with van der Waals surface area (Å²) in [5.74, 6) is 0.902. The minimum Gasteiger partial charge on any atom is -0.493 e. The van der Waals surface area contributed by atoms with Gasteiger partial charge in [0.1, 0.15) is 5.69 Å². The number of amides is 2. The Bertz CT molecular complexity index is 819. The van der Waals surface area contributed by atoms with Gasteiger partial charge >= 0.3 is 0 Å². The van der Waals surface area contributed by atoms with E-state index >= 15 is 0 Å². The first-order valence-electron chi connectivity index (χ1n) is 9.28. The van der Waals surface area contributed by atoms with Gasteiger partial charge in [-0.05, 0) is 50.1 Å². The van der Waals surface area contributed by atoms with Crippen molar-refractivity contribution in [1.29, 1.82) is 0 Å². The molecule has 2 amide bonds. The van der Waals surface area contributed by atoms with Crippen molar-refractivity contribution in [2.45, 2.75) is 20.3 Å². The van der Waals surface area contributed by atoms with Gasteiger partial charge in [-0.25, -0.2) is 0 Å². The summed E-state index contributed by atoms with van der Waals surface area (Å²) in [4.78, 5) is 30.6. The van der Waals surface area contributed by atoms with Crippen molar-refractivity contribution in [3.63, 3.8) is 0 Å². The summed E-state index contributed by atoms with van der Waals surface area (Å²) in [7, 11) is 3.18. The molecule has 2 rings (SSSR count). The Morgan fingerprint density at radius 1 is 1.04 bits per heavy atom. The van der Waals surface area contributed by atoms with Gasteiger partial charge in [0.2, 0.25) is 0 Å². The number of ether oxygens (including phenoxy) is 2. The summed E-state index contributed by atoms with van der Waals surface area (Å²) in [5, 5.41) is 2.87. The Hall–Kier alpha value is -3.09. The Morgan fingerprint density at radius 2 is 1.75 bits per heavy atom. The zero-order valence-corrected chi connectivity index (χ0v) is 16.8. The molecule has 7 nitrogen and oxygen atoms in total. The molecular formula is C21H27N3O4. The van der Waals surface area contributed by atoms with Crippen LogP contribution in [0.3, 0.4) is 0 Å². The van der Waals surface area contributed by atoms with Crippen molar-refractivity contribution in [2.75, 3.05) is 33.9 Å². The van der Waals surface area contributed by atoms with Crippen LogP contribution in [0.1, 0.15) is 40.3 Å². The van der Waals surface area contributed by atoms with E-state index in [1.807, 2.05) is 32.0 Å². The van der Waals surface area contributed by atoms with Crippen LogP contribution in [0.2, 0.25) is 0 Å². The van der Waals surface area contributed by atoms with Crippen LogP contribution >= 0.6 is 0 Å². The second-order valence-electron chi connectivity index (χ2n) is 6.10. The number of nitrogens with one attached hydrogen (secondary N) is 1. The molecule has 28 heavy (non-hydrogen) atoms. The number of benzene rings is 1. The second kappa shape index (κ2) is 10.3. The Morgan fingerprint density at radius 3 is 2.39 bits per heavy atom. The van der Waals surface area contributed by atoms with Gasteiger partial charge in [-0.3, -0.25) is 14.6 Å². The highest BCUT2D eigenvalue weighted by Gasteiger charge is 2.16. The first kappa shape index (κ1) is 21.2. The molecule has 2 aromatic rings. The average Bonchev–Trinajstić information content (AvgIpc) is 2.74. The minimum absolute atomic E-state index is 0.176. The average molecular weight is 385 g/mol. The molecule has 0 aliphatic rings. The molecule has 0 aliphatic heterocycles. The third-order valence-corrected chi connectivity index (χ3v) is 4.44. The van der Waals surface area contributed by atoms with Crippen LogP contribution in [0, 0.1) is 0 Å². The second-order valence-corrected chi connectivity index (χ2v) is 6.10. The topological polar surface area (TPSA) is 80.8 Å². The molecule has 1 aromatic heterocycles. The highest BCUT2D eigenvalue weighted by molar-refractivity contribution is 5.98. The number of pyridine rings is 1. The largest absolute Gasteiger partial charge is 0.493 e. The summed E-state index contributed by atoms with van der Waals surface area (Å²) < 4.78 is 10.5. The SMILES string of the molecule is CCN(CC)C(=O)c1cc(C(=O)NCCc2ccc(OC)c(OC)c2)ccn1. The van der Waals surface area contributed by atoms with Crippen molar-refractivity contribution >= 4 is 11.8 Å². The van der Waals surface area contributed by atoms with Gasteiger partial charge in [0.05, 0.1) is 14.2 Å². The summed E-state index contributed by atoms with van der Waals surface area (Å²) in [6.07, 6.45) is 2.13. The quantitative estimate of drug-likeness (QED) is 0.717. The van der Waals surface area contributed by atoms with E-state index in [-0.39, 0.29) is 17.5 Å². The molecule has 0 atom stereocenters. The predicted octanol–water partition coefficient (Wildman–Crippen LogP) is 2.55. The fourth-order valence-corrected chi connectivity index (χ4v) is 2.82. The van der Waals surface area contributed by atoms with E-state index in [0.717, 1.165) is 5.56 Å². The first-order valence-corrected chi connectivity index (χ1v) is 9.28. The lowest BCUT2D eigenvalue weighted by molar-refractivity contribution is 0.0767.